The van der Waals surface area contributed by atoms with E-state index >= 15 is 0 Å². The summed E-state index contributed by atoms with van der Waals surface area (Å²) < 4.78 is 60.3. The summed E-state index contributed by atoms with van der Waals surface area (Å²) in [6, 6.07) is 0. The average molecular weight is 342 g/mol. The van der Waals surface area contributed by atoms with Crippen LogP contribution < -0.4 is 29.6 Å². The van der Waals surface area contributed by atoms with Gasteiger partial charge in [0.2, 0.25) is 10.4 Å². The molecule has 0 radical (unpaired) electrons. The summed E-state index contributed by atoms with van der Waals surface area (Å²) in [7, 11) is -9.05. The van der Waals surface area contributed by atoms with Crippen molar-refractivity contribution in [1.82, 2.24) is 0 Å². The topological polar surface area (TPSA) is 128 Å². The zero-order chi connectivity index (χ0) is 15.1. The summed E-state index contributed by atoms with van der Waals surface area (Å²) >= 11 is 0. The molecule has 12 heteroatoms. The summed E-state index contributed by atoms with van der Waals surface area (Å²) in [5.74, 6) is 0. The molecule has 0 aromatic rings. The maximum absolute atomic E-state index is 12.0. The summed E-state index contributed by atoms with van der Waals surface area (Å²) in [6.45, 7) is 3.23. The number of hydrogen-bond donors (Lipinski definition) is 0. The summed E-state index contributed by atoms with van der Waals surface area (Å²) in [5.41, 5.74) is -1.19. The van der Waals surface area contributed by atoms with Crippen LogP contribution in [0.3, 0.4) is 0 Å². The molecule has 0 fully saturated rings. The first-order valence-corrected chi connectivity index (χ1v) is 8.19. The molecule has 0 aliphatic rings. The second-order valence-electron chi connectivity index (χ2n) is 3.41. The zero-order valence-electron chi connectivity index (χ0n) is 11.7. The van der Waals surface area contributed by atoms with Gasteiger partial charge in [-0.2, -0.15) is 0 Å². The zero-order valence-corrected chi connectivity index (χ0v) is 15.4. The number of carbonyl (C=O) groups is 1. The Labute approximate surface area is 140 Å². The minimum Gasteiger partial charge on any atom is -0.726 e. The van der Waals surface area contributed by atoms with Crippen molar-refractivity contribution in [2.24, 2.45) is 0 Å². The van der Waals surface area contributed by atoms with E-state index in [0.717, 1.165) is 0 Å². The number of carbonyl (C=O) groups excluding carboxylic acids is 1. The Hall–Kier alpha value is 0.490. The first-order chi connectivity index (χ1) is 8.60. The standard InChI is InChI=1S/C8H17O9PS.Na/c1-4-14-18(10,8(9)17-7(2)3)15-5-6-16-19(11,12)13;/h7H,4-6H2,1-3H3,(H,11,12,13);/q;+1/p-1. The molecule has 1 unspecified atom stereocenters. The van der Waals surface area contributed by atoms with Crippen LogP contribution in [-0.2, 0) is 32.9 Å². The molecule has 0 bridgehead atoms. The van der Waals surface area contributed by atoms with Crippen LogP contribution in [0.1, 0.15) is 20.8 Å². The van der Waals surface area contributed by atoms with Crippen molar-refractivity contribution in [1.29, 1.82) is 0 Å². The largest absolute Gasteiger partial charge is 1.00 e. The van der Waals surface area contributed by atoms with Gasteiger partial charge in [-0.15, -0.1) is 0 Å². The van der Waals surface area contributed by atoms with Gasteiger partial charge in [-0.05, 0) is 20.8 Å². The molecular weight excluding hydrogens is 326 g/mol. The first kappa shape index (κ1) is 22.8. The molecule has 0 aliphatic carbocycles. The quantitative estimate of drug-likeness (QED) is 0.158. The average Bonchev–Trinajstić information content (AvgIpc) is 2.22. The van der Waals surface area contributed by atoms with E-state index in [-0.39, 0.29) is 36.2 Å². The Balaban J connectivity index is 0. The van der Waals surface area contributed by atoms with E-state index < -0.39 is 43.0 Å². The van der Waals surface area contributed by atoms with E-state index in [1.54, 1.807) is 13.8 Å². The smallest absolute Gasteiger partial charge is 0.726 e. The molecule has 9 nitrogen and oxygen atoms in total. The predicted octanol–water partition coefficient (Wildman–Crippen LogP) is -1.74. The van der Waals surface area contributed by atoms with Crippen molar-refractivity contribution < 1.29 is 69.9 Å². The van der Waals surface area contributed by atoms with Crippen LogP contribution in [-0.4, -0.2) is 44.6 Å². The van der Waals surface area contributed by atoms with Gasteiger partial charge in [0.25, 0.3) is 0 Å². The van der Waals surface area contributed by atoms with Crippen molar-refractivity contribution in [2.45, 2.75) is 26.9 Å². The van der Waals surface area contributed by atoms with Crippen molar-refractivity contribution in [2.75, 3.05) is 19.8 Å². The molecule has 0 aromatic carbocycles. The summed E-state index contributed by atoms with van der Waals surface area (Å²) in [4.78, 5) is 11.5. The Bertz CT molecular complexity index is 435. The third-order valence-electron chi connectivity index (χ3n) is 1.43. The van der Waals surface area contributed by atoms with Crippen LogP contribution in [0.5, 0.6) is 0 Å². The van der Waals surface area contributed by atoms with E-state index in [1.165, 1.54) is 6.92 Å². The maximum atomic E-state index is 12.0. The summed E-state index contributed by atoms with van der Waals surface area (Å²) in [6.07, 6.45) is -0.525. The molecule has 0 amide bonds. The SMILES string of the molecule is CCOP(=O)(OCCOS(=O)(=O)[O-])C(=O)OC(C)C.[Na+]. The Morgan fingerprint density at radius 1 is 1.25 bits per heavy atom. The Kier molecular flexibility index (Phi) is 11.7. The van der Waals surface area contributed by atoms with Crippen LogP contribution >= 0.6 is 7.60 Å². The maximum Gasteiger partial charge on any atom is 1.00 e. The fourth-order valence-corrected chi connectivity index (χ4v) is 2.42. The molecule has 0 heterocycles. The molecule has 0 aliphatic heterocycles. The number of ether oxygens (including phenoxy) is 1. The normalized spacial score (nSPS) is 14.4. The predicted molar refractivity (Wildman–Crippen MR) is 62.5 cm³/mol. The number of hydrogen-bond acceptors (Lipinski definition) is 9. The van der Waals surface area contributed by atoms with Crippen LogP contribution in [0.2, 0.25) is 0 Å². The van der Waals surface area contributed by atoms with Gasteiger partial charge in [0.05, 0.1) is 25.9 Å². The molecule has 0 aromatic heterocycles. The van der Waals surface area contributed by atoms with Gasteiger partial charge < -0.3 is 13.8 Å². The molecule has 1 atom stereocenters. The monoisotopic (exact) mass is 342 g/mol. The fourth-order valence-electron chi connectivity index (χ4n) is 0.872. The van der Waals surface area contributed by atoms with Gasteiger partial charge in [0.1, 0.15) is 0 Å². The summed E-state index contributed by atoms with van der Waals surface area (Å²) in [5, 5.41) is 0. The van der Waals surface area contributed by atoms with Crippen LogP contribution in [0.25, 0.3) is 0 Å². The van der Waals surface area contributed by atoms with E-state index in [2.05, 4.69) is 8.71 Å². The Morgan fingerprint density at radius 2 is 1.80 bits per heavy atom. The van der Waals surface area contributed by atoms with Crippen molar-refractivity contribution in [3.05, 3.63) is 0 Å². The molecule has 114 valence electrons. The van der Waals surface area contributed by atoms with Crippen molar-refractivity contribution >= 4 is 23.7 Å². The van der Waals surface area contributed by atoms with E-state index in [0.29, 0.717) is 0 Å². The van der Waals surface area contributed by atoms with Crippen LogP contribution in [0, 0.1) is 0 Å². The van der Waals surface area contributed by atoms with Gasteiger partial charge >= 0.3 is 42.9 Å². The van der Waals surface area contributed by atoms with Crippen LogP contribution in [0.4, 0.5) is 4.79 Å². The second-order valence-corrected chi connectivity index (χ2v) is 6.34. The second kappa shape index (κ2) is 10.3. The molecular formula is C8H16NaO9PS. The van der Waals surface area contributed by atoms with Gasteiger partial charge in [-0.25, -0.2) is 17.8 Å². The minimum absolute atomic E-state index is 0. The van der Waals surface area contributed by atoms with Gasteiger partial charge in [0.15, 0.2) is 0 Å². The number of rotatable bonds is 9. The molecule has 0 rings (SSSR count). The molecule has 0 saturated carbocycles. The van der Waals surface area contributed by atoms with Crippen molar-refractivity contribution in [3.8, 4) is 0 Å². The minimum atomic E-state index is -4.87. The van der Waals surface area contributed by atoms with E-state index in [1.807, 2.05) is 0 Å². The third-order valence-corrected chi connectivity index (χ3v) is 3.56. The molecule has 0 spiro atoms. The molecule has 0 N–H and O–H groups in total. The van der Waals surface area contributed by atoms with Gasteiger partial charge in [0, 0.05) is 0 Å². The fraction of sp³-hybridized carbons (Fsp3) is 0.875. The molecule has 0 saturated heterocycles. The third kappa shape index (κ3) is 10.3. The van der Waals surface area contributed by atoms with Crippen LogP contribution in [0.15, 0.2) is 0 Å². The Morgan fingerprint density at radius 3 is 2.20 bits per heavy atom. The van der Waals surface area contributed by atoms with E-state index in [4.69, 9.17) is 9.26 Å². The molecule has 20 heavy (non-hydrogen) atoms. The first-order valence-electron chi connectivity index (χ1n) is 5.31. The van der Waals surface area contributed by atoms with Gasteiger partial charge in [-0.1, -0.05) is 0 Å². The van der Waals surface area contributed by atoms with Gasteiger partial charge in [-0.3, -0.25) is 8.71 Å². The van der Waals surface area contributed by atoms with Crippen molar-refractivity contribution in [3.63, 3.8) is 0 Å². The van der Waals surface area contributed by atoms with E-state index in [9.17, 15) is 22.3 Å².